The summed E-state index contributed by atoms with van der Waals surface area (Å²) >= 11 is 7.13. The molecule has 0 aliphatic carbocycles. The molecule has 0 radical (unpaired) electrons. The lowest BCUT2D eigenvalue weighted by Gasteiger charge is -2.06. The number of amides is 1. The number of nitro groups is 1. The Morgan fingerprint density at radius 3 is 2.78 bits per heavy atom. The van der Waals surface area contributed by atoms with E-state index in [2.05, 4.69) is 5.32 Å². The van der Waals surface area contributed by atoms with Gasteiger partial charge in [-0.15, -0.1) is 0 Å². The highest BCUT2D eigenvalue weighted by atomic mass is 35.5. The smallest absolute Gasteiger partial charge is 0.310 e. The number of benzene rings is 1. The number of hydrogen-bond donors (Lipinski definition) is 1. The molecular formula is C14H11ClN2O5S. The number of nitro benzene ring substituents is 1. The summed E-state index contributed by atoms with van der Waals surface area (Å²) in [5, 5.41) is 16.8. The van der Waals surface area contributed by atoms with Crippen LogP contribution in [-0.2, 0) is 20.7 Å². The van der Waals surface area contributed by atoms with Gasteiger partial charge < -0.3 is 10.1 Å². The van der Waals surface area contributed by atoms with Crippen molar-refractivity contribution in [3.05, 3.63) is 55.7 Å². The van der Waals surface area contributed by atoms with Crippen molar-refractivity contribution in [1.29, 1.82) is 0 Å². The van der Waals surface area contributed by atoms with Gasteiger partial charge in [0.1, 0.15) is 5.02 Å². The molecule has 1 amide bonds. The van der Waals surface area contributed by atoms with E-state index in [-0.39, 0.29) is 22.8 Å². The standard InChI is InChI=1S/C14H11ClN2O5S/c15-11-2-1-10(6-12(11)17(20)21)16-13(18)7-22-14(19)5-9-3-4-23-8-9/h1-4,6,8H,5,7H2,(H,16,18). The molecule has 0 aliphatic rings. The number of anilines is 1. The molecule has 23 heavy (non-hydrogen) atoms. The molecule has 1 N–H and O–H groups in total. The molecule has 1 heterocycles. The topological polar surface area (TPSA) is 98.5 Å². The second kappa shape index (κ2) is 7.70. The molecule has 0 atom stereocenters. The lowest BCUT2D eigenvalue weighted by Crippen LogP contribution is -2.21. The fourth-order valence-corrected chi connectivity index (χ4v) is 2.54. The molecular weight excluding hydrogens is 344 g/mol. The van der Waals surface area contributed by atoms with Gasteiger partial charge in [-0.2, -0.15) is 11.3 Å². The molecule has 2 aromatic rings. The number of carbonyl (C=O) groups excluding carboxylic acids is 2. The van der Waals surface area contributed by atoms with Gasteiger partial charge in [0, 0.05) is 11.8 Å². The minimum Gasteiger partial charge on any atom is -0.455 e. The van der Waals surface area contributed by atoms with Crippen molar-refractivity contribution in [3.8, 4) is 0 Å². The maximum atomic E-state index is 11.7. The Bertz CT molecular complexity index is 733. The van der Waals surface area contributed by atoms with Crippen molar-refractivity contribution in [2.24, 2.45) is 0 Å². The van der Waals surface area contributed by atoms with Gasteiger partial charge >= 0.3 is 5.97 Å². The summed E-state index contributed by atoms with van der Waals surface area (Å²) in [5.41, 5.74) is 0.688. The van der Waals surface area contributed by atoms with Gasteiger partial charge in [-0.25, -0.2) is 0 Å². The van der Waals surface area contributed by atoms with E-state index >= 15 is 0 Å². The average molecular weight is 355 g/mol. The van der Waals surface area contributed by atoms with E-state index in [9.17, 15) is 19.7 Å². The summed E-state index contributed by atoms with van der Waals surface area (Å²) in [5.74, 6) is -1.12. The molecule has 1 aromatic heterocycles. The highest BCUT2D eigenvalue weighted by Gasteiger charge is 2.14. The molecule has 2 rings (SSSR count). The third-order valence-corrected chi connectivity index (χ3v) is 3.77. The molecule has 0 saturated heterocycles. The normalized spacial score (nSPS) is 10.1. The zero-order chi connectivity index (χ0) is 16.8. The van der Waals surface area contributed by atoms with Gasteiger partial charge in [-0.3, -0.25) is 19.7 Å². The molecule has 9 heteroatoms. The van der Waals surface area contributed by atoms with E-state index in [0.717, 1.165) is 11.6 Å². The van der Waals surface area contributed by atoms with Crippen LogP contribution in [0.25, 0.3) is 0 Å². The van der Waals surface area contributed by atoms with Crippen LogP contribution < -0.4 is 5.32 Å². The molecule has 0 unspecified atom stereocenters. The number of esters is 1. The number of nitrogens with one attached hydrogen (secondary N) is 1. The predicted octanol–water partition coefficient (Wildman–Crippen LogP) is 3.03. The summed E-state index contributed by atoms with van der Waals surface area (Å²) in [6.07, 6.45) is 0.0865. The Morgan fingerprint density at radius 2 is 2.13 bits per heavy atom. The molecule has 7 nitrogen and oxygen atoms in total. The third kappa shape index (κ3) is 5.04. The second-order valence-electron chi connectivity index (χ2n) is 4.44. The van der Waals surface area contributed by atoms with Crippen molar-refractivity contribution in [2.45, 2.75) is 6.42 Å². The zero-order valence-corrected chi connectivity index (χ0v) is 13.2. The highest BCUT2D eigenvalue weighted by molar-refractivity contribution is 7.08. The Kier molecular flexibility index (Phi) is 5.67. The first-order chi connectivity index (χ1) is 11.0. The van der Waals surface area contributed by atoms with Gasteiger partial charge in [0.25, 0.3) is 11.6 Å². The first-order valence-electron chi connectivity index (χ1n) is 6.36. The van der Waals surface area contributed by atoms with Gasteiger partial charge in [0.15, 0.2) is 6.61 Å². The monoisotopic (exact) mass is 354 g/mol. The quantitative estimate of drug-likeness (QED) is 0.488. The molecule has 1 aromatic carbocycles. The maximum Gasteiger partial charge on any atom is 0.310 e. The summed E-state index contributed by atoms with van der Waals surface area (Å²) in [6, 6.07) is 5.64. The molecule has 120 valence electrons. The summed E-state index contributed by atoms with van der Waals surface area (Å²) < 4.78 is 4.84. The maximum absolute atomic E-state index is 11.7. The number of hydrogen-bond acceptors (Lipinski definition) is 6. The number of halogens is 1. The van der Waals surface area contributed by atoms with E-state index in [4.69, 9.17) is 16.3 Å². The SMILES string of the molecule is O=C(COC(=O)Cc1ccsc1)Nc1ccc(Cl)c([N+](=O)[O-])c1. The summed E-state index contributed by atoms with van der Waals surface area (Å²) in [7, 11) is 0. The second-order valence-corrected chi connectivity index (χ2v) is 5.63. The van der Waals surface area contributed by atoms with Crippen molar-refractivity contribution >= 4 is 46.2 Å². The van der Waals surface area contributed by atoms with Crippen LogP contribution >= 0.6 is 22.9 Å². The number of thiophene rings is 1. The molecule has 0 fully saturated rings. The highest BCUT2D eigenvalue weighted by Crippen LogP contribution is 2.27. The average Bonchev–Trinajstić information content (AvgIpc) is 3.00. The Morgan fingerprint density at radius 1 is 1.35 bits per heavy atom. The minimum absolute atomic E-state index is 0.0322. The van der Waals surface area contributed by atoms with Gasteiger partial charge in [0.2, 0.25) is 0 Å². The van der Waals surface area contributed by atoms with E-state index in [1.165, 1.54) is 23.5 Å². The fourth-order valence-electron chi connectivity index (χ4n) is 1.68. The van der Waals surface area contributed by atoms with Crippen molar-refractivity contribution in [1.82, 2.24) is 0 Å². The van der Waals surface area contributed by atoms with Crippen LogP contribution in [-0.4, -0.2) is 23.4 Å². The first kappa shape index (κ1) is 16.9. The Balaban J connectivity index is 1.86. The van der Waals surface area contributed by atoms with Crippen molar-refractivity contribution < 1.29 is 19.2 Å². The number of carbonyl (C=O) groups is 2. The third-order valence-electron chi connectivity index (χ3n) is 2.72. The van der Waals surface area contributed by atoms with E-state index in [1.54, 1.807) is 6.07 Å². The van der Waals surface area contributed by atoms with Crippen LogP contribution in [0.5, 0.6) is 0 Å². The molecule has 0 bridgehead atoms. The van der Waals surface area contributed by atoms with E-state index < -0.39 is 23.4 Å². The van der Waals surface area contributed by atoms with Crippen LogP contribution in [0.1, 0.15) is 5.56 Å². The lowest BCUT2D eigenvalue weighted by molar-refractivity contribution is -0.384. The fraction of sp³-hybridized carbons (Fsp3) is 0.143. The number of nitrogens with zero attached hydrogens (tertiary/aromatic N) is 1. The first-order valence-corrected chi connectivity index (χ1v) is 7.68. The minimum atomic E-state index is -0.654. The van der Waals surface area contributed by atoms with Crippen molar-refractivity contribution in [3.63, 3.8) is 0 Å². The van der Waals surface area contributed by atoms with E-state index in [0.29, 0.717) is 0 Å². The van der Waals surface area contributed by atoms with Gasteiger partial charge in [0.05, 0.1) is 11.3 Å². The molecule has 0 spiro atoms. The largest absolute Gasteiger partial charge is 0.455 e. The molecule has 0 aliphatic heterocycles. The van der Waals surface area contributed by atoms with Gasteiger partial charge in [-0.05, 0) is 34.5 Å². The Hall–Kier alpha value is -2.45. The molecule has 0 saturated carbocycles. The predicted molar refractivity (Wildman–Crippen MR) is 85.7 cm³/mol. The van der Waals surface area contributed by atoms with Crippen molar-refractivity contribution in [2.75, 3.05) is 11.9 Å². The number of rotatable bonds is 6. The van der Waals surface area contributed by atoms with Crippen LogP contribution in [0.2, 0.25) is 5.02 Å². The zero-order valence-electron chi connectivity index (χ0n) is 11.7. The summed E-state index contributed by atoms with van der Waals surface area (Å²) in [4.78, 5) is 33.4. The van der Waals surface area contributed by atoms with Crippen LogP contribution in [0.15, 0.2) is 35.0 Å². The Labute approximate surface area is 140 Å². The van der Waals surface area contributed by atoms with Crippen LogP contribution in [0.4, 0.5) is 11.4 Å². The lowest BCUT2D eigenvalue weighted by atomic mass is 10.2. The number of ether oxygens (including phenoxy) is 1. The van der Waals surface area contributed by atoms with Crippen LogP contribution in [0, 0.1) is 10.1 Å². The van der Waals surface area contributed by atoms with E-state index in [1.807, 2.05) is 10.8 Å². The summed E-state index contributed by atoms with van der Waals surface area (Å²) in [6.45, 7) is -0.473. The van der Waals surface area contributed by atoms with Crippen LogP contribution in [0.3, 0.4) is 0 Å². The van der Waals surface area contributed by atoms with Gasteiger partial charge in [-0.1, -0.05) is 11.6 Å².